The van der Waals surface area contributed by atoms with Crippen molar-refractivity contribution >= 4 is 11.6 Å². The first kappa shape index (κ1) is 21.3. The topological polar surface area (TPSA) is 62.5 Å². The molecule has 3 heterocycles. The highest BCUT2D eigenvalue weighted by Gasteiger charge is 2.36. The number of rotatable bonds is 5. The third kappa shape index (κ3) is 4.41. The summed E-state index contributed by atoms with van der Waals surface area (Å²) < 4.78 is 41.8. The molecule has 1 aromatic carbocycles. The molecule has 4 rings (SSSR count). The number of carbonyl (C=O) groups excluding carboxylic acids is 1. The van der Waals surface area contributed by atoms with Gasteiger partial charge in [-0.05, 0) is 39.3 Å². The second kappa shape index (κ2) is 8.30. The van der Waals surface area contributed by atoms with Crippen LogP contribution in [0.15, 0.2) is 36.5 Å². The van der Waals surface area contributed by atoms with Crippen molar-refractivity contribution < 1.29 is 18.0 Å². The summed E-state index contributed by atoms with van der Waals surface area (Å²) in [6.07, 6.45) is -1.24. The fraction of sp³-hybridized carbons (Fsp3) is 0.409. The van der Waals surface area contributed by atoms with Gasteiger partial charge < -0.3 is 5.32 Å². The number of likely N-dealkylation sites (tertiary alicyclic amines) is 1. The lowest BCUT2D eigenvalue weighted by Gasteiger charge is -2.20. The van der Waals surface area contributed by atoms with Crippen LogP contribution >= 0.6 is 0 Å². The summed E-state index contributed by atoms with van der Waals surface area (Å²) in [4.78, 5) is 19.4. The Morgan fingerprint density at radius 1 is 1.26 bits per heavy atom. The van der Waals surface area contributed by atoms with Crippen molar-refractivity contribution in [3.05, 3.63) is 53.3 Å². The van der Waals surface area contributed by atoms with Crippen molar-refractivity contribution in [1.82, 2.24) is 24.8 Å². The molecule has 1 saturated heterocycles. The van der Waals surface area contributed by atoms with Crippen LogP contribution in [0.3, 0.4) is 0 Å². The number of fused-ring (bicyclic) bond motifs is 1. The second-order valence-corrected chi connectivity index (χ2v) is 7.97. The van der Waals surface area contributed by atoms with Gasteiger partial charge in [-0.3, -0.25) is 9.69 Å². The van der Waals surface area contributed by atoms with Gasteiger partial charge in [0.1, 0.15) is 5.56 Å². The first-order valence-corrected chi connectivity index (χ1v) is 10.3. The van der Waals surface area contributed by atoms with Crippen LogP contribution < -0.4 is 5.32 Å². The normalized spacial score (nSPS) is 17.4. The van der Waals surface area contributed by atoms with Gasteiger partial charge in [-0.2, -0.15) is 18.3 Å². The van der Waals surface area contributed by atoms with Crippen LogP contribution in [-0.2, 0) is 6.18 Å². The average Bonchev–Trinajstić information content (AvgIpc) is 3.33. The lowest BCUT2D eigenvalue weighted by atomic mass is 10.1. The maximum absolute atomic E-state index is 13.7. The smallest absolute Gasteiger partial charge is 0.351 e. The minimum Gasteiger partial charge on any atom is -0.351 e. The average molecular weight is 431 g/mol. The van der Waals surface area contributed by atoms with Crippen molar-refractivity contribution in [3.8, 4) is 11.3 Å². The fourth-order valence-electron chi connectivity index (χ4n) is 3.93. The lowest BCUT2D eigenvalue weighted by molar-refractivity contribution is -0.142. The first-order valence-electron chi connectivity index (χ1n) is 10.3. The molecule has 1 fully saturated rings. The number of aromatic nitrogens is 3. The molecular weight excluding hydrogens is 407 g/mol. The zero-order chi connectivity index (χ0) is 22.2. The van der Waals surface area contributed by atoms with E-state index in [2.05, 4.69) is 27.2 Å². The molecular formula is C22H24F3N5O. The Kier molecular flexibility index (Phi) is 5.70. The van der Waals surface area contributed by atoms with E-state index in [0.717, 1.165) is 37.2 Å². The van der Waals surface area contributed by atoms with Crippen molar-refractivity contribution in [2.24, 2.45) is 0 Å². The Morgan fingerprint density at radius 3 is 2.65 bits per heavy atom. The Hall–Kier alpha value is -2.94. The Morgan fingerprint density at radius 2 is 2.00 bits per heavy atom. The number of hydrogen-bond acceptors (Lipinski definition) is 4. The standard InChI is InChI=1S/C22H24F3N5O/c1-14-5-7-16(8-6-14)18-12-19(22(23,24)25)30-20(28-18)17(13-27-30)21(31)26-9-11-29-10-3-4-15(29)2/h5-8,12-13,15H,3-4,9-11H2,1-2H3,(H,26,31). The minimum atomic E-state index is -4.65. The molecule has 1 amide bonds. The molecule has 9 heteroatoms. The second-order valence-electron chi connectivity index (χ2n) is 7.97. The van der Waals surface area contributed by atoms with E-state index in [1.807, 2.05) is 6.92 Å². The van der Waals surface area contributed by atoms with Gasteiger partial charge in [-0.1, -0.05) is 29.8 Å². The molecule has 6 nitrogen and oxygen atoms in total. The molecule has 0 bridgehead atoms. The highest BCUT2D eigenvalue weighted by Crippen LogP contribution is 2.32. The number of halogens is 3. The molecule has 0 aliphatic carbocycles. The summed E-state index contributed by atoms with van der Waals surface area (Å²) in [5, 5.41) is 6.61. The molecule has 164 valence electrons. The summed E-state index contributed by atoms with van der Waals surface area (Å²) in [7, 11) is 0. The molecule has 0 saturated carbocycles. The van der Waals surface area contributed by atoms with E-state index < -0.39 is 17.8 Å². The Labute approximate surface area is 178 Å². The van der Waals surface area contributed by atoms with Crippen LogP contribution in [0.2, 0.25) is 0 Å². The lowest BCUT2D eigenvalue weighted by Crippen LogP contribution is -2.36. The van der Waals surface area contributed by atoms with E-state index >= 15 is 0 Å². The first-order chi connectivity index (χ1) is 14.7. The Bertz CT molecular complexity index is 1090. The summed E-state index contributed by atoms with van der Waals surface area (Å²) in [6.45, 7) is 6.13. The Balaban J connectivity index is 1.65. The van der Waals surface area contributed by atoms with Crippen LogP contribution in [0.5, 0.6) is 0 Å². The monoisotopic (exact) mass is 431 g/mol. The van der Waals surface area contributed by atoms with Crippen LogP contribution in [-0.4, -0.2) is 51.1 Å². The van der Waals surface area contributed by atoms with E-state index in [9.17, 15) is 18.0 Å². The number of carbonyl (C=O) groups is 1. The van der Waals surface area contributed by atoms with Crippen molar-refractivity contribution in [1.29, 1.82) is 0 Å². The van der Waals surface area contributed by atoms with Crippen LogP contribution in [0.25, 0.3) is 16.9 Å². The zero-order valence-electron chi connectivity index (χ0n) is 17.4. The molecule has 0 radical (unpaired) electrons. The summed E-state index contributed by atoms with van der Waals surface area (Å²) in [5.41, 5.74) is 0.594. The summed E-state index contributed by atoms with van der Waals surface area (Å²) >= 11 is 0. The number of aryl methyl sites for hydroxylation is 1. The van der Waals surface area contributed by atoms with Crippen LogP contribution in [0.4, 0.5) is 13.2 Å². The SMILES string of the molecule is Cc1ccc(-c2cc(C(F)(F)F)n3ncc(C(=O)NCCN4CCCC4C)c3n2)cc1. The number of nitrogens with zero attached hydrogens (tertiary/aromatic N) is 4. The predicted octanol–water partition coefficient (Wildman–Crippen LogP) is 3.94. The van der Waals surface area contributed by atoms with Gasteiger partial charge in [0.15, 0.2) is 11.3 Å². The van der Waals surface area contributed by atoms with Gasteiger partial charge in [-0.25, -0.2) is 9.50 Å². The predicted molar refractivity (Wildman–Crippen MR) is 111 cm³/mol. The van der Waals surface area contributed by atoms with Crippen LogP contribution in [0.1, 0.15) is 41.4 Å². The largest absolute Gasteiger partial charge is 0.433 e. The molecule has 1 N–H and O–H groups in total. The third-order valence-electron chi connectivity index (χ3n) is 5.73. The number of alkyl halides is 3. The third-order valence-corrected chi connectivity index (χ3v) is 5.73. The highest BCUT2D eigenvalue weighted by molar-refractivity contribution is 5.99. The number of benzene rings is 1. The van der Waals surface area contributed by atoms with E-state index in [1.54, 1.807) is 24.3 Å². The number of hydrogen-bond donors (Lipinski definition) is 1. The molecule has 31 heavy (non-hydrogen) atoms. The quantitative estimate of drug-likeness (QED) is 0.665. The van der Waals surface area contributed by atoms with Gasteiger partial charge in [0, 0.05) is 24.7 Å². The van der Waals surface area contributed by atoms with E-state index in [0.29, 0.717) is 29.2 Å². The summed E-state index contributed by atoms with van der Waals surface area (Å²) in [5.74, 6) is -0.483. The number of amides is 1. The van der Waals surface area contributed by atoms with Gasteiger partial charge in [-0.15, -0.1) is 0 Å². The van der Waals surface area contributed by atoms with E-state index in [4.69, 9.17) is 0 Å². The number of nitrogens with one attached hydrogen (secondary N) is 1. The minimum absolute atomic E-state index is 0.0222. The van der Waals surface area contributed by atoms with Gasteiger partial charge in [0.2, 0.25) is 0 Å². The maximum Gasteiger partial charge on any atom is 0.433 e. The zero-order valence-corrected chi connectivity index (χ0v) is 17.4. The van der Waals surface area contributed by atoms with Crippen LogP contribution in [0, 0.1) is 6.92 Å². The van der Waals surface area contributed by atoms with E-state index in [-0.39, 0.29) is 16.9 Å². The van der Waals surface area contributed by atoms with E-state index in [1.165, 1.54) is 0 Å². The molecule has 1 aliphatic rings. The molecule has 2 aromatic heterocycles. The fourth-order valence-corrected chi connectivity index (χ4v) is 3.93. The van der Waals surface area contributed by atoms with Crippen molar-refractivity contribution in [2.75, 3.05) is 19.6 Å². The maximum atomic E-state index is 13.7. The van der Waals surface area contributed by atoms with Crippen molar-refractivity contribution in [3.63, 3.8) is 0 Å². The molecule has 3 aromatic rings. The van der Waals surface area contributed by atoms with Crippen molar-refractivity contribution in [2.45, 2.75) is 38.9 Å². The molecule has 0 spiro atoms. The highest BCUT2D eigenvalue weighted by atomic mass is 19.4. The molecule has 1 atom stereocenters. The van der Waals surface area contributed by atoms with Gasteiger partial charge >= 0.3 is 6.18 Å². The van der Waals surface area contributed by atoms with Gasteiger partial charge in [0.05, 0.1) is 11.9 Å². The van der Waals surface area contributed by atoms with Gasteiger partial charge in [0.25, 0.3) is 5.91 Å². The molecule has 1 aliphatic heterocycles. The molecule has 1 unspecified atom stereocenters. The summed E-state index contributed by atoms with van der Waals surface area (Å²) in [6, 6.07) is 8.46.